The van der Waals surface area contributed by atoms with E-state index >= 15 is 0 Å². The molecule has 0 spiro atoms. The number of furan rings is 1. The van der Waals surface area contributed by atoms with Gasteiger partial charge in [0.2, 0.25) is 0 Å². The molecule has 0 bridgehead atoms. The van der Waals surface area contributed by atoms with Crippen molar-refractivity contribution in [1.82, 2.24) is 5.32 Å². The highest BCUT2D eigenvalue weighted by Crippen LogP contribution is 2.35. The maximum Gasteiger partial charge on any atom is 0.161 e. The van der Waals surface area contributed by atoms with Crippen molar-refractivity contribution in [2.75, 3.05) is 20.8 Å². The number of rotatable bonds is 6. The average molecular weight is 289 g/mol. The number of methoxy groups -OCH3 is 2. The van der Waals surface area contributed by atoms with Gasteiger partial charge in [-0.3, -0.25) is 0 Å². The zero-order chi connectivity index (χ0) is 15.4. The molecule has 1 aromatic carbocycles. The molecule has 0 aliphatic rings. The molecule has 1 unspecified atom stereocenters. The quantitative estimate of drug-likeness (QED) is 0.882. The Kier molecular flexibility index (Phi) is 4.91. The molecule has 0 aliphatic carbocycles. The monoisotopic (exact) mass is 289 g/mol. The van der Waals surface area contributed by atoms with Crippen molar-refractivity contribution in [2.45, 2.75) is 26.8 Å². The molecule has 0 amide bonds. The van der Waals surface area contributed by atoms with Crippen LogP contribution in [-0.2, 0) is 0 Å². The van der Waals surface area contributed by atoms with E-state index in [0.717, 1.165) is 40.7 Å². The first-order chi connectivity index (χ1) is 10.1. The van der Waals surface area contributed by atoms with Gasteiger partial charge in [-0.1, -0.05) is 6.92 Å². The number of aryl methyl sites for hydroxylation is 2. The first kappa shape index (κ1) is 15.4. The van der Waals surface area contributed by atoms with E-state index in [1.165, 1.54) is 0 Å². The van der Waals surface area contributed by atoms with Gasteiger partial charge in [-0.2, -0.15) is 0 Å². The Bertz CT molecular complexity index is 604. The topological polar surface area (TPSA) is 43.6 Å². The van der Waals surface area contributed by atoms with Crippen molar-refractivity contribution in [3.63, 3.8) is 0 Å². The maximum absolute atomic E-state index is 5.80. The Labute approximate surface area is 126 Å². The van der Waals surface area contributed by atoms with E-state index in [4.69, 9.17) is 13.9 Å². The fourth-order valence-corrected chi connectivity index (χ4v) is 2.48. The smallest absolute Gasteiger partial charge is 0.161 e. The zero-order valence-corrected chi connectivity index (χ0v) is 13.3. The Morgan fingerprint density at radius 3 is 2.29 bits per heavy atom. The van der Waals surface area contributed by atoms with E-state index in [0.29, 0.717) is 0 Å². The van der Waals surface area contributed by atoms with Crippen LogP contribution < -0.4 is 14.8 Å². The van der Waals surface area contributed by atoms with Crippen molar-refractivity contribution in [2.24, 2.45) is 0 Å². The first-order valence-electron chi connectivity index (χ1n) is 7.13. The van der Waals surface area contributed by atoms with E-state index < -0.39 is 0 Å². The molecule has 114 valence electrons. The van der Waals surface area contributed by atoms with Crippen LogP contribution in [0.5, 0.6) is 11.5 Å². The van der Waals surface area contributed by atoms with E-state index in [1.54, 1.807) is 14.2 Å². The highest BCUT2D eigenvalue weighted by molar-refractivity contribution is 5.49. The Hall–Kier alpha value is -1.94. The molecule has 4 heteroatoms. The van der Waals surface area contributed by atoms with Crippen LogP contribution >= 0.6 is 0 Å². The fourth-order valence-electron chi connectivity index (χ4n) is 2.48. The minimum atomic E-state index is 0.00325. The normalized spacial score (nSPS) is 12.2. The summed E-state index contributed by atoms with van der Waals surface area (Å²) in [5.41, 5.74) is 2.26. The lowest BCUT2D eigenvalue weighted by Crippen LogP contribution is -2.22. The van der Waals surface area contributed by atoms with Crippen molar-refractivity contribution in [3.05, 3.63) is 46.9 Å². The maximum atomic E-state index is 5.80. The van der Waals surface area contributed by atoms with Crippen molar-refractivity contribution >= 4 is 0 Å². The molecule has 21 heavy (non-hydrogen) atoms. The zero-order valence-electron chi connectivity index (χ0n) is 13.3. The molecule has 0 fully saturated rings. The summed E-state index contributed by atoms with van der Waals surface area (Å²) in [5.74, 6) is 3.28. The van der Waals surface area contributed by atoms with Crippen LogP contribution in [-0.4, -0.2) is 20.8 Å². The molecule has 1 heterocycles. The highest BCUT2D eigenvalue weighted by atomic mass is 16.5. The third-order valence-electron chi connectivity index (χ3n) is 3.54. The second-order valence-corrected chi connectivity index (χ2v) is 5.00. The lowest BCUT2D eigenvalue weighted by molar-refractivity contribution is 0.353. The molecule has 1 N–H and O–H groups in total. The number of ether oxygens (including phenoxy) is 2. The minimum absolute atomic E-state index is 0.00325. The van der Waals surface area contributed by atoms with Crippen LogP contribution in [0.15, 0.2) is 28.7 Å². The van der Waals surface area contributed by atoms with Gasteiger partial charge in [0.05, 0.1) is 20.3 Å². The average Bonchev–Trinajstić information content (AvgIpc) is 2.91. The number of hydrogen-bond acceptors (Lipinski definition) is 4. The fraction of sp³-hybridized carbons (Fsp3) is 0.412. The summed E-state index contributed by atoms with van der Waals surface area (Å²) >= 11 is 0. The van der Waals surface area contributed by atoms with Crippen LogP contribution in [0.4, 0.5) is 0 Å². The molecule has 0 aliphatic heterocycles. The SMILES string of the molecule is CCNC(c1ccc(C)o1)c1cc(OC)c(OC)cc1C. The van der Waals surface area contributed by atoms with Gasteiger partial charge < -0.3 is 19.2 Å². The standard InChI is InChI=1S/C17H23NO3/c1-6-18-17(14-8-7-12(3)21-14)13-10-16(20-5)15(19-4)9-11(13)2/h7-10,17-18H,6H2,1-5H3. The molecule has 1 atom stereocenters. The molecule has 4 nitrogen and oxygen atoms in total. The summed E-state index contributed by atoms with van der Waals surface area (Å²) in [5, 5.41) is 3.47. The second-order valence-electron chi connectivity index (χ2n) is 5.00. The molecule has 0 saturated carbocycles. The molecule has 0 radical (unpaired) electrons. The Morgan fingerprint density at radius 1 is 1.10 bits per heavy atom. The molecule has 0 saturated heterocycles. The summed E-state index contributed by atoms with van der Waals surface area (Å²) in [7, 11) is 3.30. The molecule has 2 rings (SSSR count). The number of hydrogen-bond donors (Lipinski definition) is 1. The summed E-state index contributed by atoms with van der Waals surface area (Å²) in [4.78, 5) is 0. The third-order valence-corrected chi connectivity index (χ3v) is 3.54. The van der Waals surface area contributed by atoms with Crippen LogP contribution in [0.25, 0.3) is 0 Å². The van der Waals surface area contributed by atoms with Gasteiger partial charge in [-0.15, -0.1) is 0 Å². The predicted octanol–water partition coefficient (Wildman–Crippen LogP) is 3.61. The van der Waals surface area contributed by atoms with E-state index in [9.17, 15) is 0 Å². The number of benzene rings is 1. The Balaban J connectivity index is 2.49. The van der Waals surface area contributed by atoms with Crippen LogP contribution in [0.2, 0.25) is 0 Å². The van der Waals surface area contributed by atoms with Gasteiger partial charge >= 0.3 is 0 Å². The number of nitrogens with one attached hydrogen (secondary N) is 1. The molecular weight excluding hydrogens is 266 g/mol. The van der Waals surface area contributed by atoms with Gasteiger partial charge in [-0.25, -0.2) is 0 Å². The molecular formula is C17H23NO3. The first-order valence-corrected chi connectivity index (χ1v) is 7.13. The summed E-state index contributed by atoms with van der Waals surface area (Å²) in [6.45, 7) is 6.95. The highest BCUT2D eigenvalue weighted by Gasteiger charge is 2.21. The van der Waals surface area contributed by atoms with E-state index in [2.05, 4.69) is 19.2 Å². The lowest BCUT2D eigenvalue weighted by Gasteiger charge is -2.20. The largest absolute Gasteiger partial charge is 0.493 e. The van der Waals surface area contributed by atoms with E-state index in [-0.39, 0.29) is 6.04 Å². The van der Waals surface area contributed by atoms with Crippen LogP contribution in [0.1, 0.15) is 35.6 Å². The van der Waals surface area contributed by atoms with Crippen molar-refractivity contribution < 1.29 is 13.9 Å². The predicted molar refractivity (Wildman–Crippen MR) is 83.2 cm³/mol. The van der Waals surface area contributed by atoms with Crippen LogP contribution in [0, 0.1) is 13.8 Å². The van der Waals surface area contributed by atoms with Gasteiger partial charge in [0.1, 0.15) is 11.5 Å². The molecule has 1 aromatic heterocycles. The van der Waals surface area contributed by atoms with Gasteiger partial charge in [0.25, 0.3) is 0 Å². The summed E-state index contributed by atoms with van der Waals surface area (Å²) < 4.78 is 16.6. The lowest BCUT2D eigenvalue weighted by atomic mass is 9.98. The van der Waals surface area contributed by atoms with E-state index in [1.807, 2.05) is 31.2 Å². The van der Waals surface area contributed by atoms with Crippen molar-refractivity contribution in [1.29, 1.82) is 0 Å². The second kappa shape index (κ2) is 6.68. The van der Waals surface area contributed by atoms with Gasteiger partial charge in [0.15, 0.2) is 11.5 Å². The van der Waals surface area contributed by atoms with Gasteiger partial charge in [-0.05, 0) is 55.8 Å². The van der Waals surface area contributed by atoms with Crippen molar-refractivity contribution in [3.8, 4) is 11.5 Å². The Morgan fingerprint density at radius 2 is 1.76 bits per heavy atom. The van der Waals surface area contributed by atoms with Gasteiger partial charge in [0, 0.05) is 0 Å². The minimum Gasteiger partial charge on any atom is -0.493 e. The van der Waals surface area contributed by atoms with Crippen LogP contribution in [0.3, 0.4) is 0 Å². The summed E-state index contributed by atoms with van der Waals surface area (Å²) in [6, 6.07) is 8.01. The molecule has 2 aromatic rings. The third kappa shape index (κ3) is 3.22. The summed E-state index contributed by atoms with van der Waals surface area (Å²) in [6.07, 6.45) is 0.